The molecule has 2 rings (SSSR count). The largest absolute Gasteiger partial charge is 0.256 e. The predicted molar refractivity (Wildman–Crippen MR) is 59.1 cm³/mol. The van der Waals surface area contributed by atoms with Crippen molar-refractivity contribution in [2.45, 2.75) is 6.92 Å². The number of benzene rings is 1. The minimum Gasteiger partial charge on any atom is -0.256 e. The van der Waals surface area contributed by atoms with Crippen LogP contribution in [0.3, 0.4) is 0 Å². The zero-order valence-corrected chi connectivity index (χ0v) is 11.2. The molecule has 0 spiro atoms. The summed E-state index contributed by atoms with van der Waals surface area (Å²) in [7, 11) is 0. The minimum atomic E-state index is 0. The van der Waals surface area contributed by atoms with Gasteiger partial charge in [0.1, 0.15) is 0 Å². The maximum absolute atomic E-state index is 8.83. The number of hydrogen-bond acceptors (Lipinski definition) is 2. The summed E-state index contributed by atoms with van der Waals surface area (Å²) in [5.41, 5.74) is 3.73. The Labute approximate surface area is 108 Å². The molecule has 0 saturated heterocycles. The Morgan fingerprint density at radius 1 is 1.19 bits per heavy atom. The van der Waals surface area contributed by atoms with Crippen LogP contribution in [0.1, 0.15) is 11.1 Å². The van der Waals surface area contributed by atoms with E-state index in [9.17, 15) is 0 Å². The van der Waals surface area contributed by atoms with Gasteiger partial charge in [-0.05, 0) is 36.8 Å². The van der Waals surface area contributed by atoms with E-state index in [0.717, 1.165) is 16.8 Å². The van der Waals surface area contributed by atoms with E-state index in [1.54, 1.807) is 6.20 Å². The quantitative estimate of drug-likeness (QED) is 0.756. The predicted octanol–water partition coefficient (Wildman–Crippen LogP) is 2.93. The number of nitriles is 1. The van der Waals surface area contributed by atoms with Crippen LogP contribution in [-0.2, 0) is 20.1 Å². The molecular formula is C13H10IrN2. The molecule has 0 atom stereocenters. The molecule has 16 heavy (non-hydrogen) atoms. The Kier molecular flexibility index (Phi) is 4.37. The van der Waals surface area contributed by atoms with Crippen LogP contribution in [0.4, 0.5) is 0 Å². The van der Waals surface area contributed by atoms with Gasteiger partial charge < -0.3 is 0 Å². The van der Waals surface area contributed by atoms with Crippen LogP contribution in [0.5, 0.6) is 0 Å². The number of aryl methyl sites for hydroxylation is 1. The molecule has 1 heterocycles. The van der Waals surface area contributed by atoms with Crippen LogP contribution in [-0.4, -0.2) is 4.98 Å². The Bertz CT molecular complexity index is 515. The molecular weight excluding hydrogens is 376 g/mol. The monoisotopic (exact) mass is 387 g/mol. The molecule has 0 bridgehead atoms. The number of aromatic nitrogens is 1. The van der Waals surface area contributed by atoms with Crippen molar-refractivity contribution in [1.29, 1.82) is 5.26 Å². The summed E-state index contributed by atoms with van der Waals surface area (Å²) in [6, 6.07) is 13.6. The van der Waals surface area contributed by atoms with Crippen LogP contribution < -0.4 is 0 Å². The Morgan fingerprint density at radius 2 is 2.00 bits per heavy atom. The van der Waals surface area contributed by atoms with Gasteiger partial charge in [-0.1, -0.05) is 12.1 Å². The smallest absolute Gasteiger partial charge is 0.0991 e. The molecule has 0 aliphatic rings. The van der Waals surface area contributed by atoms with Gasteiger partial charge in [0.15, 0.2) is 0 Å². The van der Waals surface area contributed by atoms with Crippen molar-refractivity contribution in [2.24, 2.45) is 0 Å². The summed E-state index contributed by atoms with van der Waals surface area (Å²) in [5.74, 6) is 0. The summed E-state index contributed by atoms with van der Waals surface area (Å²) in [5, 5.41) is 8.83. The maximum atomic E-state index is 8.83. The van der Waals surface area contributed by atoms with Gasteiger partial charge in [-0.25, -0.2) is 0 Å². The first kappa shape index (κ1) is 12.6. The number of rotatable bonds is 1. The van der Waals surface area contributed by atoms with Crippen molar-refractivity contribution in [1.82, 2.24) is 4.98 Å². The Morgan fingerprint density at radius 3 is 2.62 bits per heavy atom. The standard InChI is InChI=1S/C13H10N2.Ir/c1-10-5-6-11(9-14)8-12(10)13-4-2-3-7-15-13;/h2-8H,1H3;. The van der Waals surface area contributed by atoms with E-state index >= 15 is 0 Å². The molecule has 0 N–H and O–H groups in total. The van der Waals surface area contributed by atoms with Crippen molar-refractivity contribution in [3.8, 4) is 17.3 Å². The first-order chi connectivity index (χ1) is 7.31. The molecule has 2 aromatic rings. The molecule has 0 unspecified atom stereocenters. The Hall–Kier alpha value is -1.49. The van der Waals surface area contributed by atoms with Crippen LogP contribution in [0.25, 0.3) is 11.3 Å². The van der Waals surface area contributed by atoms with Gasteiger partial charge in [-0.2, -0.15) is 5.26 Å². The van der Waals surface area contributed by atoms with Crippen molar-refractivity contribution < 1.29 is 20.1 Å². The third-order valence-electron chi connectivity index (χ3n) is 2.31. The molecule has 1 aromatic heterocycles. The van der Waals surface area contributed by atoms with E-state index < -0.39 is 0 Å². The second kappa shape index (κ2) is 5.55. The fourth-order valence-corrected chi connectivity index (χ4v) is 1.49. The maximum Gasteiger partial charge on any atom is 0.0991 e. The molecule has 2 nitrogen and oxygen atoms in total. The van der Waals surface area contributed by atoms with E-state index in [1.165, 1.54) is 0 Å². The van der Waals surface area contributed by atoms with Gasteiger partial charge in [0, 0.05) is 31.9 Å². The number of nitrogens with zero attached hydrogens (tertiary/aromatic N) is 2. The molecule has 0 fully saturated rings. The van der Waals surface area contributed by atoms with Crippen LogP contribution in [0.2, 0.25) is 0 Å². The molecule has 0 aliphatic carbocycles. The molecule has 0 aliphatic heterocycles. The molecule has 0 amide bonds. The molecule has 1 aromatic carbocycles. The van der Waals surface area contributed by atoms with Gasteiger partial charge in [-0.15, -0.1) is 0 Å². The van der Waals surface area contributed by atoms with E-state index in [-0.39, 0.29) is 20.1 Å². The molecule has 0 saturated carbocycles. The van der Waals surface area contributed by atoms with Gasteiger partial charge >= 0.3 is 0 Å². The summed E-state index contributed by atoms with van der Waals surface area (Å²) < 4.78 is 0. The van der Waals surface area contributed by atoms with E-state index in [0.29, 0.717) is 5.56 Å². The average molecular weight is 386 g/mol. The Balaban J connectivity index is 0.00000128. The first-order valence-electron chi connectivity index (χ1n) is 4.73. The van der Waals surface area contributed by atoms with Crippen molar-refractivity contribution in [3.63, 3.8) is 0 Å². The summed E-state index contributed by atoms with van der Waals surface area (Å²) in [6.07, 6.45) is 1.76. The van der Waals surface area contributed by atoms with Gasteiger partial charge in [0.25, 0.3) is 0 Å². The zero-order chi connectivity index (χ0) is 10.7. The van der Waals surface area contributed by atoms with Crippen molar-refractivity contribution in [2.75, 3.05) is 0 Å². The average Bonchev–Trinajstić information content (AvgIpc) is 2.31. The van der Waals surface area contributed by atoms with E-state index in [4.69, 9.17) is 5.26 Å². The molecule has 1 radical (unpaired) electrons. The van der Waals surface area contributed by atoms with Gasteiger partial charge in [0.05, 0.1) is 17.3 Å². The SMILES string of the molecule is Cc1ccc(C#N)cc1-c1ccccn1.[Ir]. The third-order valence-corrected chi connectivity index (χ3v) is 2.31. The topological polar surface area (TPSA) is 36.7 Å². The molecule has 81 valence electrons. The third kappa shape index (κ3) is 2.55. The summed E-state index contributed by atoms with van der Waals surface area (Å²) in [4.78, 5) is 4.28. The fraction of sp³-hybridized carbons (Fsp3) is 0.0769. The second-order valence-electron chi connectivity index (χ2n) is 3.36. The van der Waals surface area contributed by atoms with Gasteiger partial charge in [-0.3, -0.25) is 4.98 Å². The van der Waals surface area contributed by atoms with Crippen LogP contribution in [0.15, 0.2) is 42.6 Å². The summed E-state index contributed by atoms with van der Waals surface area (Å²) >= 11 is 0. The van der Waals surface area contributed by atoms with Crippen molar-refractivity contribution >= 4 is 0 Å². The molecule has 3 heteroatoms. The van der Waals surface area contributed by atoms with Crippen molar-refractivity contribution in [3.05, 3.63) is 53.7 Å². The van der Waals surface area contributed by atoms with E-state index in [1.807, 2.05) is 43.3 Å². The minimum absolute atomic E-state index is 0. The number of pyridine rings is 1. The van der Waals surface area contributed by atoms with Crippen LogP contribution >= 0.6 is 0 Å². The van der Waals surface area contributed by atoms with Crippen LogP contribution in [0, 0.1) is 18.3 Å². The van der Waals surface area contributed by atoms with E-state index in [2.05, 4.69) is 11.1 Å². The zero-order valence-electron chi connectivity index (χ0n) is 8.77. The summed E-state index contributed by atoms with van der Waals surface area (Å²) in [6.45, 7) is 2.02. The fourth-order valence-electron chi connectivity index (χ4n) is 1.49. The normalized spacial score (nSPS) is 9.00. The second-order valence-corrected chi connectivity index (χ2v) is 3.36. The number of hydrogen-bond donors (Lipinski definition) is 0. The first-order valence-corrected chi connectivity index (χ1v) is 4.73. The van der Waals surface area contributed by atoms with Gasteiger partial charge in [0.2, 0.25) is 0 Å².